The number of amides is 1. The number of hydrogen-bond donors (Lipinski definition) is 2. The molecule has 1 aliphatic carbocycles. The Morgan fingerprint density at radius 1 is 1.32 bits per heavy atom. The third-order valence-corrected chi connectivity index (χ3v) is 5.08. The highest BCUT2D eigenvalue weighted by molar-refractivity contribution is 5.85. The van der Waals surface area contributed by atoms with Crippen molar-refractivity contribution in [2.75, 3.05) is 6.54 Å². The van der Waals surface area contributed by atoms with Gasteiger partial charge in [0, 0.05) is 18.8 Å². The molecule has 2 aromatic heterocycles. The summed E-state index contributed by atoms with van der Waals surface area (Å²) in [6, 6.07) is 4.04. The predicted molar refractivity (Wildman–Crippen MR) is 105 cm³/mol. The zero-order chi connectivity index (χ0) is 16.3. The van der Waals surface area contributed by atoms with Gasteiger partial charge < -0.3 is 15.5 Å². The third kappa shape index (κ3) is 5.09. The normalized spacial score (nSPS) is 15.9. The van der Waals surface area contributed by atoms with Gasteiger partial charge in [0.2, 0.25) is 5.91 Å². The molecule has 0 aromatic carbocycles. The van der Waals surface area contributed by atoms with E-state index in [0.717, 1.165) is 29.7 Å². The minimum Gasteiger partial charge on any atom is -0.350 e. The van der Waals surface area contributed by atoms with Crippen molar-refractivity contribution < 1.29 is 4.79 Å². The van der Waals surface area contributed by atoms with Crippen LogP contribution in [-0.4, -0.2) is 21.8 Å². The summed E-state index contributed by atoms with van der Waals surface area (Å²) in [6.45, 7) is 3.12. The molecular weight excluding hydrogens is 359 g/mol. The summed E-state index contributed by atoms with van der Waals surface area (Å²) in [5, 5.41) is 3.02. The summed E-state index contributed by atoms with van der Waals surface area (Å²) in [4.78, 5) is 16.9. The van der Waals surface area contributed by atoms with Crippen LogP contribution in [0.2, 0.25) is 0 Å². The van der Waals surface area contributed by atoms with Crippen molar-refractivity contribution >= 4 is 36.4 Å². The molecule has 2 heterocycles. The maximum absolute atomic E-state index is 12.3. The second kappa shape index (κ2) is 9.41. The van der Waals surface area contributed by atoms with Crippen molar-refractivity contribution in [1.82, 2.24) is 14.7 Å². The number of carbonyl (C=O) groups is 1. The fraction of sp³-hybridized carbons (Fsp3) is 0.556. The van der Waals surface area contributed by atoms with Gasteiger partial charge >= 0.3 is 0 Å². The third-order valence-electron chi connectivity index (χ3n) is 5.08. The lowest BCUT2D eigenvalue weighted by Crippen LogP contribution is -2.38. The van der Waals surface area contributed by atoms with Gasteiger partial charge in [0.15, 0.2) is 0 Å². The molecule has 7 heteroatoms. The van der Waals surface area contributed by atoms with Gasteiger partial charge in [-0.2, -0.15) is 0 Å². The van der Waals surface area contributed by atoms with Gasteiger partial charge in [0.25, 0.3) is 0 Å². The quantitative estimate of drug-likeness (QED) is 0.826. The number of imidazole rings is 1. The molecule has 1 aliphatic rings. The Balaban J connectivity index is 0.00000156. The number of nitrogens with zero attached hydrogens (tertiary/aromatic N) is 2. The summed E-state index contributed by atoms with van der Waals surface area (Å²) < 4.78 is 2.00. The molecule has 3 rings (SSSR count). The Bertz CT molecular complexity index is 695. The first-order valence-electron chi connectivity index (χ1n) is 8.52. The number of pyridine rings is 1. The number of nitrogens with one attached hydrogen (secondary N) is 1. The number of hydrogen-bond acceptors (Lipinski definition) is 3. The lowest BCUT2D eigenvalue weighted by molar-refractivity contribution is -0.124. The smallest absolute Gasteiger partial charge is 0.220 e. The molecule has 5 nitrogen and oxygen atoms in total. The molecule has 25 heavy (non-hydrogen) atoms. The van der Waals surface area contributed by atoms with Crippen LogP contribution in [-0.2, 0) is 11.3 Å². The average molecular weight is 387 g/mol. The first-order valence-corrected chi connectivity index (χ1v) is 8.52. The number of aryl methyl sites for hydroxylation is 1. The maximum Gasteiger partial charge on any atom is 0.220 e. The van der Waals surface area contributed by atoms with Gasteiger partial charge in [-0.1, -0.05) is 25.3 Å². The molecule has 1 fully saturated rings. The monoisotopic (exact) mass is 386 g/mol. The van der Waals surface area contributed by atoms with Gasteiger partial charge in [-0.05, 0) is 43.4 Å². The van der Waals surface area contributed by atoms with Crippen LogP contribution in [0.3, 0.4) is 0 Å². The SMILES string of the molecule is Cc1cccn2cc(CNC(=O)CC3(CN)CCCCC3)nc12.Cl.Cl. The van der Waals surface area contributed by atoms with E-state index in [1.807, 2.05) is 35.9 Å². The van der Waals surface area contributed by atoms with Gasteiger partial charge in [0.05, 0.1) is 12.2 Å². The Morgan fingerprint density at radius 3 is 2.68 bits per heavy atom. The van der Waals surface area contributed by atoms with Gasteiger partial charge in [-0.15, -0.1) is 24.8 Å². The van der Waals surface area contributed by atoms with Crippen LogP contribution in [0.5, 0.6) is 0 Å². The summed E-state index contributed by atoms with van der Waals surface area (Å²) >= 11 is 0. The van der Waals surface area contributed by atoms with E-state index < -0.39 is 0 Å². The summed E-state index contributed by atoms with van der Waals surface area (Å²) in [7, 11) is 0. The standard InChI is InChI=1S/C18H26N4O.2ClH/c1-14-6-5-9-22-12-15(21-17(14)22)11-20-16(23)10-18(13-19)7-3-2-4-8-18;;/h5-6,9,12H,2-4,7-8,10-11,13,19H2,1H3,(H,20,23);2*1H. The van der Waals surface area contributed by atoms with Crippen molar-refractivity contribution in [1.29, 1.82) is 0 Å². The van der Waals surface area contributed by atoms with E-state index in [0.29, 0.717) is 19.5 Å². The second-order valence-corrected chi connectivity index (χ2v) is 6.87. The highest BCUT2D eigenvalue weighted by atomic mass is 35.5. The summed E-state index contributed by atoms with van der Waals surface area (Å²) in [5.74, 6) is 0.0890. The molecule has 3 N–H and O–H groups in total. The topological polar surface area (TPSA) is 72.4 Å². The molecule has 140 valence electrons. The van der Waals surface area contributed by atoms with Crippen LogP contribution >= 0.6 is 24.8 Å². The van der Waals surface area contributed by atoms with Gasteiger partial charge in [-0.3, -0.25) is 4.79 Å². The van der Waals surface area contributed by atoms with Gasteiger partial charge in [0.1, 0.15) is 5.65 Å². The predicted octanol–water partition coefficient (Wildman–Crippen LogP) is 3.40. The Morgan fingerprint density at radius 2 is 2.04 bits per heavy atom. The van der Waals surface area contributed by atoms with Crippen LogP contribution in [0.4, 0.5) is 0 Å². The van der Waals surface area contributed by atoms with E-state index in [-0.39, 0.29) is 36.1 Å². The van der Waals surface area contributed by atoms with E-state index in [1.165, 1.54) is 19.3 Å². The van der Waals surface area contributed by atoms with Crippen LogP contribution in [0.25, 0.3) is 5.65 Å². The second-order valence-electron chi connectivity index (χ2n) is 6.87. The van der Waals surface area contributed by atoms with Crippen LogP contribution in [0, 0.1) is 12.3 Å². The zero-order valence-corrected chi connectivity index (χ0v) is 16.3. The highest BCUT2D eigenvalue weighted by Crippen LogP contribution is 2.38. The number of fused-ring (bicyclic) bond motifs is 1. The highest BCUT2D eigenvalue weighted by Gasteiger charge is 2.32. The fourth-order valence-corrected chi connectivity index (χ4v) is 3.64. The molecule has 0 aliphatic heterocycles. The summed E-state index contributed by atoms with van der Waals surface area (Å²) in [5.41, 5.74) is 8.95. The van der Waals surface area contributed by atoms with Crippen molar-refractivity contribution in [3.05, 3.63) is 35.8 Å². The molecule has 0 bridgehead atoms. The van der Waals surface area contributed by atoms with Crippen LogP contribution in [0.1, 0.15) is 49.8 Å². The van der Waals surface area contributed by atoms with Crippen LogP contribution in [0.15, 0.2) is 24.5 Å². The van der Waals surface area contributed by atoms with Crippen molar-refractivity contribution in [3.63, 3.8) is 0 Å². The minimum absolute atomic E-state index is 0. The Kier molecular flexibility index (Phi) is 8.19. The molecule has 0 radical (unpaired) electrons. The average Bonchev–Trinajstić information content (AvgIpc) is 2.98. The largest absolute Gasteiger partial charge is 0.350 e. The van der Waals surface area contributed by atoms with Crippen molar-refractivity contribution in [2.24, 2.45) is 11.1 Å². The van der Waals surface area contributed by atoms with Crippen molar-refractivity contribution in [3.8, 4) is 0 Å². The molecular formula is C18H28Cl2N4O. The zero-order valence-electron chi connectivity index (χ0n) is 14.7. The van der Waals surface area contributed by atoms with E-state index in [4.69, 9.17) is 5.73 Å². The maximum atomic E-state index is 12.3. The van der Waals surface area contributed by atoms with E-state index in [9.17, 15) is 4.79 Å². The lowest BCUT2D eigenvalue weighted by atomic mass is 9.71. The molecule has 0 spiro atoms. The molecule has 0 atom stereocenters. The number of aromatic nitrogens is 2. The van der Waals surface area contributed by atoms with Gasteiger partial charge in [-0.25, -0.2) is 4.98 Å². The first kappa shape index (κ1) is 21.7. The molecule has 0 saturated heterocycles. The lowest BCUT2D eigenvalue weighted by Gasteiger charge is -2.35. The van der Waals surface area contributed by atoms with E-state index in [1.54, 1.807) is 0 Å². The van der Waals surface area contributed by atoms with Crippen LogP contribution < -0.4 is 11.1 Å². The van der Waals surface area contributed by atoms with E-state index >= 15 is 0 Å². The Labute approximate surface area is 161 Å². The first-order chi connectivity index (χ1) is 11.1. The molecule has 1 saturated carbocycles. The molecule has 2 aromatic rings. The Hall–Kier alpha value is -1.30. The number of rotatable bonds is 5. The minimum atomic E-state index is 0. The number of carbonyl (C=O) groups excluding carboxylic acids is 1. The van der Waals surface area contributed by atoms with Crippen molar-refractivity contribution in [2.45, 2.75) is 52.0 Å². The fourth-order valence-electron chi connectivity index (χ4n) is 3.64. The molecule has 1 amide bonds. The number of nitrogens with two attached hydrogens (primary N) is 1. The van der Waals surface area contributed by atoms with E-state index in [2.05, 4.69) is 10.3 Å². The number of halogens is 2. The molecule has 0 unspecified atom stereocenters. The summed E-state index contributed by atoms with van der Waals surface area (Å²) in [6.07, 6.45) is 10.3.